The van der Waals surface area contributed by atoms with Crippen molar-refractivity contribution in [3.05, 3.63) is 33.5 Å². The number of pyridine rings is 1. The molecule has 1 heterocycles. The third-order valence-corrected chi connectivity index (χ3v) is 3.22. The van der Waals surface area contributed by atoms with Gasteiger partial charge in [-0.2, -0.15) is 13.2 Å². The van der Waals surface area contributed by atoms with Crippen molar-refractivity contribution in [3.63, 3.8) is 0 Å². The number of fused-ring (bicyclic) bond motifs is 1. The first-order valence-corrected chi connectivity index (χ1v) is 5.85. The van der Waals surface area contributed by atoms with Crippen LogP contribution in [0.1, 0.15) is 5.69 Å². The van der Waals surface area contributed by atoms with E-state index < -0.39 is 11.9 Å². The Morgan fingerprint density at radius 2 is 2.00 bits per heavy atom. The van der Waals surface area contributed by atoms with Crippen LogP contribution in [0.15, 0.2) is 24.3 Å². The Morgan fingerprint density at radius 1 is 1.29 bits per heavy atom. The van der Waals surface area contributed by atoms with E-state index >= 15 is 0 Å². The maximum absolute atomic E-state index is 12.7. The lowest BCUT2D eigenvalue weighted by atomic mass is 10.1. The maximum Gasteiger partial charge on any atom is 0.433 e. The molecule has 0 unspecified atom stereocenters. The van der Waals surface area contributed by atoms with E-state index in [9.17, 15) is 13.2 Å². The third-order valence-electron chi connectivity index (χ3n) is 2.35. The molecule has 1 aromatic carbocycles. The summed E-state index contributed by atoms with van der Waals surface area (Å²) in [6.07, 6.45) is -4.43. The average molecular weight is 352 g/mol. The van der Waals surface area contributed by atoms with Gasteiger partial charge in [0.25, 0.3) is 0 Å². The molecule has 0 aliphatic heterocycles. The molecule has 1 aromatic heterocycles. The number of benzene rings is 1. The van der Waals surface area contributed by atoms with Gasteiger partial charge in [-0.25, -0.2) is 4.98 Å². The summed E-state index contributed by atoms with van der Waals surface area (Å²) in [7, 11) is 1.59. The first-order valence-electron chi connectivity index (χ1n) is 4.77. The van der Waals surface area contributed by atoms with Gasteiger partial charge in [0, 0.05) is 21.7 Å². The van der Waals surface area contributed by atoms with Crippen LogP contribution >= 0.6 is 22.6 Å². The zero-order valence-electron chi connectivity index (χ0n) is 8.77. The van der Waals surface area contributed by atoms with Crippen molar-refractivity contribution in [2.24, 2.45) is 0 Å². The van der Waals surface area contributed by atoms with E-state index in [1.807, 2.05) is 22.6 Å². The summed E-state index contributed by atoms with van der Waals surface area (Å²) in [5, 5.41) is 3.45. The minimum absolute atomic E-state index is 0.368. The minimum Gasteiger partial charge on any atom is -0.388 e. The topological polar surface area (TPSA) is 24.9 Å². The fourth-order valence-electron chi connectivity index (χ4n) is 1.57. The summed E-state index contributed by atoms with van der Waals surface area (Å²) < 4.78 is 38.7. The number of anilines is 1. The second kappa shape index (κ2) is 4.32. The van der Waals surface area contributed by atoms with Gasteiger partial charge in [0.2, 0.25) is 0 Å². The lowest BCUT2D eigenvalue weighted by molar-refractivity contribution is -0.140. The van der Waals surface area contributed by atoms with Crippen LogP contribution < -0.4 is 5.32 Å². The van der Waals surface area contributed by atoms with Crippen LogP contribution in [0, 0.1) is 3.57 Å². The van der Waals surface area contributed by atoms with E-state index in [4.69, 9.17) is 0 Å². The van der Waals surface area contributed by atoms with E-state index in [0.29, 0.717) is 20.2 Å². The molecule has 2 rings (SSSR count). The van der Waals surface area contributed by atoms with Gasteiger partial charge >= 0.3 is 6.18 Å². The van der Waals surface area contributed by atoms with Crippen LogP contribution in [0.2, 0.25) is 0 Å². The maximum atomic E-state index is 12.7. The molecule has 2 nitrogen and oxygen atoms in total. The van der Waals surface area contributed by atoms with Crippen molar-refractivity contribution in [1.29, 1.82) is 0 Å². The summed E-state index contributed by atoms with van der Waals surface area (Å²) in [4.78, 5) is 3.68. The van der Waals surface area contributed by atoms with Crippen LogP contribution in [0.25, 0.3) is 10.9 Å². The van der Waals surface area contributed by atoms with Crippen molar-refractivity contribution in [1.82, 2.24) is 4.98 Å². The van der Waals surface area contributed by atoms with E-state index in [1.54, 1.807) is 25.2 Å². The molecule has 0 bridgehead atoms. The van der Waals surface area contributed by atoms with E-state index in [-0.39, 0.29) is 0 Å². The van der Waals surface area contributed by atoms with Gasteiger partial charge in [0.15, 0.2) is 0 Å². The molecule has 0 aliphatic rings. The highest BCUT2D eigenvalue weighted by Crippen LogP contribution is 2.34. The first kappa shape index (κ1) is 12.4. The number of para-hydroxylation sites is 1. The number of rotatable bonds is 1. The molecule has 0 aliphatic carbocycles. The Balaban J connectivity index is 2.81. The molecule has 0 saturated heterocycles. The van der Waals surface area contributed by atoms with Gasteiger partial charge in [-0.1, -0.05) is 12.1 Å². The highest BCUT2D eigenvalue weighted by molar-refractivity contribution is 14.1. The van der Waals surface area contributed by atoms with Crippen molar-refractivity contribution < 1.29 is 13.2 Å². The van der Waals surface area contributed by atoms with Crippen LogP contribution in [-0.2, 0) is 6.18 Å². The SMILES string of the molecule is CNc1cc(C(F)(F)F)nc2c(I)cccc12. The monoisotopic (exact) mass is 352 g/mol. The zero-order chi connectivity index (χ0) is 12.6. The molecular formula is C11H8F3IN2. The third kappa shape index (κ3) is 2.31. The summed E-state index contributed by atoms with van der Waals surface area (Å²) in [6, 6.07) is 6.30. The molecule has 0 amide bonds. The van der Waals surface area contributed by atoms with Crippen LogP contribution in [-0.4, -0.2) is 12.0 Å². The highest BCUT2D eigenvalue weighted by atomic mass is 127. The van der Waals surface area contributed by atoms with Crippen LogP contribution in [0.5, 0.6) is 0 Å². The van der Waals surface area contributed by atoms with Crippen molar-refractivity contribution in [2.75, 3.05) is 12.4 Å². The number of hydrogen-bond acceptors (Lipinski definition) is 2. The quantitative estimate of drug-likeness (QED) is 0.788. The lowest BCUT2D eigenvalue weighted by Crippen LogP contribution is -2.09. The Hall–Kier alpha value is -1.05. The summed E-state index contributed by atoms with van der Waals surface area (Å²) in [5.41, 5.74) is -0.0772. The van der Waals surface area contributed by atoms with Gasteiger partial charge in [-0.15, -0.1) is 0 Å². The molecule has 0 fully saturated rings. The van der Waals surface area contributed by atoms with Crippen molar-refractivity contribution in [2.45, 2.75) is 6.18 Å². The fourth-order valence-corrected chi connectivity index (χ4v) is 2.18. The molecule has 0 atom stereocenters. The molecule has 6 heteroatoms. The van der Waals surface area contributed by atoms with Crippen molar-refractivity contribution in [3.8, 4) is 0 Å². The predicted molar refractivity (Wildman–Crippen MR) is 69.0 cm³/mol. The molecule has 1 N–H and O–H groups in total. The van der Waals surface area contributed by atoms with E-state index in [1.165, 1.54) is 0 Å². The first-order chi connectivity index (χ1) is 7.93. The number of aromatic nitrogens is 1. The summed E-state index contributed by atoms with van der Waals surface area (Å²) in [5.74, 6) is 0. The molecule has 2 aromatic rings. The predicted octanol–water partition coefficient (Wildman–Crippen LogP) is 3.90. The number of nitrogens with one attached hydrogen (secondary N) is 1. The molecule has 90 valence electrons. The number of alkyl halides is 3. The summed E-state index contributed by atoms with van der Waals surface area (Å²) >= 11 is 1.98. The van der Waals surface area contributed by atoms with Crippen LogP contribution in [0.3, 0.4) is 0 Å². The fraction of sp³-hybridized carbons (Fsp3) is 0.182. The van der Waals surface area contributed by atoms with Gasteiger partial charge in [0.1, 0.15) is 5.69 Å². The van der Waals surface area contributed by atoms with Crippen LogP contribution in [0.4, 0.5) is 18.9 Å². The van der Waals surface area contributed by atoms with E-state index in [2.05, 4.69) is 10.3 Å². The minimum atomic E-state index is -4.43. The van der Waals surface area contributed by atoms with Crippen molar-refractivity contribution >= 4 is 39.2 Å². The van der Waals surface area contributed by atoms with Gasteiger partial charge in [0.05, 0.1) is 5.52 Å². The van der Waals surface area contributed by atoms with Gasteiger partial charge < -0.3 is 5.32 Å². The molecule has 0 spiro atoms. The zero-order valence-corrected chi connectivity index (χ0v) is 10.9. The Morgan fingerprint density at radius 3 is 2.59 bits per heavy atom. The number of halogens is 4. The Labute approximate surface area is 109 Å². The Bertz CT molecular complexity index is 566. The molecular weight excluding hydrogens is 344 g/mol. The molecule has 0 radical (unpaired) electrons. The Kier molecular flexibility index (Phi) is 3.15. The standard InChI is InChI=1S/C11H8F3IN2/c1-16-8-5-9(11(12,13)14)17-10-6(8)3-2-4-7(10)15/h2-5H,1H3,(H,16,17). The highest BCUT2D eigenvalue weighted by Gasteiger charge is 2.33. The van der Waals surface area contributed by atoms with E-state index in [0.717, 1.165) is 6.07 Å². The lowest BCUT2D eigenvalue weighted by Gasteiger charge is -2.12. The normalized spacial score (nSPS) is 11.8. The smallest absolute Gasteiger partial charge is 0.388 e. The number of nitrogens with zero attached hydrogens (tertiary/aromatic N) is 1. The van der Waals surface area contributed by atoms with Gasteiger partial charge in [-0.3, -0.25) is 0 Å². The second-order valence-electron chi connectivity index (χ2n) is 3.44. The average Bonchev–Trinajstić information content (AvgIpc) is 2.27. The largest absolute Gasteiger partial charge is 0.433 e. The molecule has 17 heavy (non-hydrogen) atoms. The molecule has 0 saturated carbocycles. The second-order valence-corrected chi connectivity index (χ2v) is 4.60. The summed E-state index contributed by atoms with van der Waals surface area (Å²) in [6.45, 7) is 0. The van der Waals surface area contributed by atoms with Gasteiger partial charge in [-0.05, 0) is 34.7 Å². The number of hydrogen-bond donors (Lipinski definition) is 1.